The van der Waals surface area contributed by atoms with E-state index in [0.29, 0.717) is 11.3 Å². The van der Waals surface area contributed by atoms with Gasteiger partial charge in [0.15, 0.2) is 5.82 Å². The standard InChI is InChI=1S/C22H17N3/c1-14-7-8-16(15(2)13-14)9-10-17-11-12-24-21-20(17)18-5-3-4-6-19(18)25-22(21)23/h3-8,11-13H,1-2H3,(H2,23,25). The summed E-state index contributed by atoms with van der Waals surface area (Å²) in [6.07, 6.45) is 1.74. The lowest BCUT2D eigenvalue weighted by Crippen LogP contribution is -1.96. The fourth-order valence-corrected chi connectivity index (χ4v) is 3.09. The molecule has 0 aliphatic carbocycles. The number of hydrogen-bond donors (Lipinski definition) is 1. The van der Waals surface area contributed by atoms with E-state index in [1.54, 1.807) is 6.20 Å². The van der Waals surface area contributed by atoms with Crippen LogP contribution in [0.3, 0.4) is 0 Å². The Bertz CT molecular complexity index is 1180. The fourth-order valence-electron chi connectivity index (χ4n) is 3.09. The van der Waals surface area contributed by atoms with Gasteiger partial charge < -0.3 is 5.73 Å². The van der Waals surface area contributed by atoms with Crippen LogP contribution in [0.4, 0.5) is 5.82 Å². The third-order valence-electron chi connectivity index (χ3n) is 4.32. The summed E-state index contributed by atoms with van der Waals surface area (Å²) in [7, 11) is 0. The Morgan fingerprint density at radius 1 is 0.920 bits per heavy atom. The molecule has 0 aliphatic rings. The summed E-state index contributed by atoms with van der Waals surface area (Å²) in [5.41, 5.74) is 12.0. The highest BCUT2D eigenvalue weighted by atomic mass is 14.9. The molecule has 2 aromatic heterocycles. The van der Waals surface area contributed by atoms with Crippen LogP contribution in [0.5, 0.6) is 0 Å². The Labute approximate surface area is 146 Å². The molecule has 3 heteroatoms. The van der Waals surface area contributed by atoms with Crippen molar-refractivity contribution < 1.29 is 0 Å². The molecule has 0 fully saturated rings. The predicted molar refractivity (Wildman–Crippen MR) is 103 cm³/mol. The van der Waals surface area contributed by atoms with Crippen molar-refractivity contribution in [3.8, 4) is 11.8 Å². The number of nitrogen functional groups attached to an aromatic ring is 1. The molecule has 0 spiro atoms. The van der Waals surface area contributed by atoms with Crippen LogP contribution in [0, 0.1) is 25.7 Å². The predicted octanol–water partition coefficient (Wildman–Crippen LogP) is 4.38. The molecule has 2 N–H and O–H groups in total. The number of rotatable bonds is 0. The van der Waals surface area contributed by atoms with Crippen molar-refractivity contribution in [2.45, 2.75) is 13.8 Å². The number of anilines is 1. The zero-order valence-corrected chi connectivity index (χ0v) is 14.2. The maximum Gasteiger partial charge on any atom is 0.150 e. The van der Waals surface area contributed by atoms with E-state index in [1.165, 1.54) is 11.1 Å². The summed E-state index contributed by atoms with van der Waals surface area (Å²) in [4.78, 5) is 8.87. The lowest BCUT2D eigenvalue weighted by molar-refractivity contribution is 1.35. The van der Waals surface area contributed by atoms with E-state index in [-0.39, 0.29) is 0 Å². The third-order valence-corrected chi connectivity index (χ3v) is 4.32. The summed E-state index contributed by atoms with van der Waals surface area (Å²) >= 11 is 0. The maximum absolute atomic E-state index is 6.12. The number of nitrogens with zero attached hydrogens (tertiary/aromatic N) is 2. The van der Waals surface area contributed by atoms with Crippen LogP contribution >= 0.6 is 0 Å². The van der Waals surface area contributed by atoms with E-state index in [9.17, 15) is 0 Å². The normalized spacial score (nSPS) is 10.6. The van der Waals surface area contributed by atoms with Gasteiger partial charge in [-0.2, -0.15) is 0 Å². The number of hydrogen-bond acceptors (Lipinski definition) is 3. The highest BCUT2D eigenvalue weighted by molar-refractivity contribution is 6.10. The minimum atomic E-state index is 0.434. The molecule has 0 bridgehead atoms. The molecular formula is C22H17N3. The quantitative estimate of drug-likeness (QED) is 0.386. The van der Waals surface area contributed by atoms with Crippen LogP contribution in [0.15, 0.2) is 54.7 Å². The number of benzene rings is 2. The molecule has 4 aromatic rings. The average Bonchev–Trinajstić information content (AvgIpc) is 2.61. The Kier molecular flexibility index (Phi) is 3.59. The lowest BCUT2D eigenvalue weighted by Gasteiger charge is -2.07. The molecule has 0 atom stereocenters. The van der Waals surface area contributed by atoms with E-state index in [2.05, 4.69) is 53.9 Å². The minimum absolute atomic E-state index is 0.434. The van der Waals surface area contributed by atoms with Crippen LogP contribution < -0.4 is 5.73 Å². The van der Waals surface area contributed by atoms with Crippen LogP contribution in [-0.2, 0) is 0 Å². The van der Waals surface area contributed by atoms with Gasteiger partial charge in [0.25, 0.3) is 0 Å². The van der Waals surface area contributed by atoms with Crippen molar-refractivity contribution in [2.24, 2.45) is 0 Å². The van der Waals surface area contributed by atoms with Gasteiger partial charge in [0.1, 0.15) is 5.52 Å². The topological polar surface area (TPSA) is 51.8 Å². The molecule has 0 unspecified atom stereocenters. The van der Waals surface area contributed by atoms with Gasteiger partial charge in [-0.3, -0.25) is 4.98 Å². The van der Waals surface area contributed by atoms with E-state index in [4.69, 9.17) is 5.73 Å². The number of para-hydroxylation sites is 1. The first-order valence-corrected chi connectivity index (χ1v) is 8.16. The number of pyridine rings is 2. The third kappa shape index (κ3) is 2.68. The molecule has 25 heavy (non-hydrogen) atoms. The number of aryl methyl sites for hydroxylation is 2. The van der Waals surface area contributed by atoms with Crippen LogP contribution in [0.2, 0.25) is 0 Å². The smallest absolute Gasteiger partial charge is 0.150 e. The second kappa shape index (κ2) is 5.92. The Morgan fingerprint density at radius 3 is 2.56 bits per heavy atom. The maximum atomic E-state index is 6.12. The monoisotopic (exact) mass is 323 g/mol. The molecule has 0 aliphatic heterocycles. The van der Waals surface area contributed by atoms with Gasteiger partial charge in [0.2, 0.25) is 0 Å². The molecule has 0 radical (unpaired) electrons. The van der Waals surface area contributed by atoms with Crippen molar-refractivity contribution in [2.75, 3.05) is 5.73 Å². The molecule has 4 rings (SSSR count). The zero-order chi connectivity index (χ0) is 17.4. The van der Waals surface area contributed by atoms with E-state index in [0.717, 1.165) is 27.4 Å². The zero-order valence-electron chi connectivity index (χ0n) is 14.2. The first kappa shape index (κ1) is 15.2. The van der Waals surface area contributed by atoms with Crippen LogP contribution in [0.25, 0.3) is 21.8 Å². The fraction of sp³-hybridized carbons (Fsp3) is 0.0909. The van der Waals surface area contributed by atoms with Crippen LogP contribution in [0.1, 0.15) is 22.3 Å². The molecule has 0 amide bonds. The second-order valence-electron chi connectivity index (χ2n) is 6.16. The number of fused-ring (bicyclic) bond motifs is 3. The van der Waals surface area contributed by atoms with Crippen molar-refractivity contribution in [3.05, 3.63) is 77.0 Å². The Morgan fingerprint density at radius 2 is 1.72 bits per heavy atom. The molecule has 3 nitrogen and oxygen atoms in total. The van der Waals surface area contributed by atoms with E-state index >= 15 is 0 Å². The van der Waals surface area contributed by atoms with Gasteiger partial charge in [0, 0.05) is 28.1 Å². The Hall–Kier alpha value is -3.38. The summed E-state index contributed by atoms with van der Waals surface area (Å²) in [5.74, 6) is 7.04. The molecule has 120 valence electrons. The lowest BCUT2D eigenvalue weighted by atomic mass is 10.0. The van der Waals surface area contributed by atoms with Gasteiger partial charge >= 0.3 is 0 Å². The molecule has 2 aromatic carbocycles. The van der Waals surface area contributed by atoms with E-state index < -0.39 is 0 Å². The molecule has 0 saturated carbocycles. The van der Waals surface area contributed by atoms with Crippen molar-refractivity contribution in [3.63, 3.8) is 0 Å². The van der Waals surface area contributed by atoms with Crippen molar-refractivity contribution in [1.82, 2.24) is 9.97 Å². The van der Waals surface area contributed by atoms with Crippen LogP contribution in [-0.4, -0.2) is 9.97 Å². The summed E-state index contributed by atoms with van der Waals surface area (Å²) in [6.45, 7) is 4.17. The SMILES string of the molecule is Cc1ccc(C#Cc2ccnc3c(N)nc4ccccc4c23)c(C)c1. The second-order valence-corrected chi connectivity index (χ2v) is 6.16. The largest absolute Gasteiger partial charge is 0.382 e. The van der Waals surface area contributed by atoms with Gasteiger partial charge in [-0.1, -0.05) is 47.7 Å². The van der Waals surface area contributed by atoms with Gasteiger partial charge in [0.05, 0.1) is 5.52 Å². The van der Waals surface area contributed by atoms with Gasteiger partial charge in [-0.05, 0) is 37.6 Å². The minimum Gasteiger partial charge on any atom is -0.382 e. The average molecular weight is 323 g/mol. The Balaban J connectivity index is 1.99. The summed E-state index contributed by atoms with van der Waals surface area (Å²) < 4.78 is 0. The molecular weight excluding hydrogens is 306 g/mol. The highest BCUT2D eigenvalue weighted by Crippen LogP contribution is 2.28. The molecule has 0 saturated heterocycles. The van der Waals surface area contributed by atoms with Gasteiger partial charge in [-0.25, -0.2) is 4.98 Å². The summed E-state index contributed by atoms with van der Waals surface area (Å²) in [5, 5.41) is 1.98. The summed E-state index contributed by atoms with van der Waals surface area (Å²) in [6, 6.07) is 16.2. The van der Waals surface area contributed by atoms with Crippen molar-refractivity contribution >= 4 is 27.6 Å². The first-order chi connectivity index (χ1) is 12.1. The highest BCUT2D eigenvalue weighted by Gasteiger charge is 2.10. The number of aromatic nitrogens is 2. The first-order valence-electron chi connectivity index (χ1n) is 8.16. The van der Waals surface area contributed by atoms with E-state index in [1.807, 2.05) is 30.3 Å². The van der Waals surface area contributed by atoms with Gasteiger partial charge in [-0.15, -0.1) is 0 Å². The number of nitrogens with two attached hydrogens (primary N) is 1. The molecule has 2 heterocycles. The van der Waals surface area contributed by atoms with Crippen molar-refractivity contribution in [1.29, 1.82) is 0 Å².